The number of hydrogen-bond donors (Lipinski definition) is 2. The van der Waals surface area contributed by atoms with Crippen LogP contribution in [0.15, 0.2) is 44.9 Å². The standard InChI is InChI=1S/C16H15N3OS3/c1-10-7-11-9-13(16-17-4-6-22-16)18-15(11)12(8-10)19-23(20)14-3-2-5-21-14/h2-3,5,7-9,18-19H,4,6H2,1H3. The number of aromatic amines is 1. The summed E-state index contributed by atoms with van der Waals surface area (Å²) in [5.41, 5.74) is 4.01. The Morgan fingerprint density at radius 1 is 1.35 bits per heavy atom. The number of anilines is 1. The van der Waals surface area contributed by atoms with Gasteiger partial charge < -0.3 is 4.98 Å². The van der Waals surface area contributed by atoms with Gasteiger partial charge in [0.1, 0.15) is 9.25 Å². The minimum atomic E-state index is -1.25. The molecule has 4 nitrogen and oxygen atoms in total. The first-order valence-corrected chi connectivity index (χ1v) is 10.2. The van der Waals surface area contributed by atoms with Crippen LogP contribution in [-0.4, -0.2) is 26.5 Å². The highest BCUT2D eigenvalue weighted by Gasteiger charge is 2.15. The van der Waals surface area contributed by atoms with E-state index in [2.05, 4.69) is 26.8 Å². The zero-order valence-electron chi connectivity index (χ0n) is 12.5. The summed E-state index contributed by atoms with van der Waals surface area (Å²) in [6.45, 7) is 2.93. The molecule has 0 saturated heterocycles. The lowest BCUT2D eigenvalue weighted by atomic mass is 10.1. The van der Waals surface area contributed by atoms with Crippen LogP contribution in [0.25, 0.3) is 10.9 Å². The number of hydrogen-bond acceptors (Lipinski definition) is 4. The third-order valence-electron chi connectivity index (χ3n) is 3.57. The molecular formula is C16H15N3OS3. The van der Waals surface area contributed by atoms with Crippen molar-refractivity contribution < 1.29 is 4.21 Å². The number of thioether (sulfide) groups is 1. The molecule has 3 aromatic rings. The molecule has 23 heavy (non-hydrogen) atoms. The number of fused-ring (bicyclic) bond motifs is 1. The maximum Gasteiger partial charge on any atom is 0.160 e. The molecule has 1 aromatic carbocycles. The Labute approximate surface area is 145 Å². The average Bonchev–Trinajstić information content (AvgIpc) is 3.27. The molecule has 0 bridgehead atoms. The lowest BCUT2D eigenvalue weighted by Crippen LogP contribution is -2.04. The van der Waals surface area contributed by atoms with Gasteiger partial charge in [-0.3, -0.25) is 9.71 Å². The molecule has 1 aliphatic rings. The highest BCUT2D eigenvalue weighted by Crippen LogP contribution is 2.30. The zero-order chi connectivity index (χ0) is 15.8. The van der Waals surface area contributed by atoms with Gasteiger partial charge in [0.2, 0.25) is 0 Å². The monoisotopic (exact) mass is 361 g/mol. The Balaban J connectivity index is 1.74. The van der Waals surface area contributed by atoms with E-state index < -0.39 is 11.0 Å². The number of aryl methyl sites for hydroxylation is 1. The predicted octanol–water partition coefficient (Wildman–Crippen LogP) is 4.17. The Morgan fingerprint density at radius 3 is 3.00 bits per heavy atom. The van der Waals surface area contributed by atoms with Gasteiger partial charge in [0, 0.05) is 17.7 Å². The van der Waals surface area contributed by atoms with Crippen LogP contribution in [-0.2, 0) is 11.0 Å². The minimum absolute atomic E-state index is 0.821. The van der Waals surface area contributed by atoms with Crippen molar-refractivity contribution in [3.05, 3.63) is 47.0 Å². The number of rotatable bonds is 4. The maximum atomic E-state index is 12.5. The van der Waals surface area contributed by atoms with Crippen molar-refractivity contribution in [1.29, 1.82) is 0 Å². The minimum Gasteiger partial charge on any atom is -0.351 e. The van der Waals surface area contributed by atoms with Gasteiger partial charge in [0.25, 0.3) is 0 Å². The van der Waals surface area contributed by atoms with Crippen molar-refractivity contribution in [1.82, 2.24) is 4.98 Å². The van der Waals surface area contributed by atoms with E-state index in [4.69, 9.17) is 0 Å². The van der Waals surface area contributed by atoms with E-state index >= 15 is 0 Å². The number of nitrogens with one attached hydrogen (secondary N) is 2. The molecule has 1 unspecified atom stereocenters. The normalized spacial score (nSPS) is 15.8. The highest BCUT2D eigenvalue weighted by atomic mass is 32.2. The quantitative estimate of drug-likeness (QED) is 0.733. The van der Waals surface area contributed by atoms with Gasteiger partial charge in [0.05, 0.1) is 16.9 Å². The summed E-state index contributed by atoms with van der Waals surface area (Å²) >= 11 is 3.26. The number of nitrogens with zero attached hydrogens (tertiary/aromatic N) is 1. The zero-order valence-corrected chi connectivity index (χ0v) is 14.9. The van der Waals surface area contributed by atoms with Crippen LogP contribution in [0.4, 0.5) is 5.69 Å². The first-order valence-electron chi connectivity index (χ1n) is 7.23. The van der Waals surface area contributed by atoms with Crippen molar-refractivity contribution in [2.24, 2.45) is 4.99 Å². The van der Waals surface area contributed by atoms with Gasteiger partial charge in [-0.2, -0.15) is 0 Å². The van der Waals surface area contributed by atoms with Crippen LogP contribution in [0.5, 0.6) is 0 Å². The molecule has 1 aliphatic heterocycles. The average molecular weight is 362 g/mol. The topological polar surface area (TPSA) is 57.2 Å². The number of H-pyrrole nitrogens is 1. The van der Waals surface area contributed by atoms with Crippen LogP contribution in [0.1, 0.15) is 11.3 Å². The summed E-state index contributed by atoms with van der Waals surface area (Å²) in [5.74, 6) is 1.04. The van der Waals surface area contributed by atoms with E-state index in [1.807, 2.05) is 30.5 Å². The summed E-state index contributed by atoms with van der Waals surface area (Å²) in [4.78, 5) is 7.96. The van der Waals surface area contributed by atoms with Gasteiger partial charge in [-0.15, -0.1) is 23.1 Å². The number of aromatic nitrogens is 1. The van der Waals surface area contributed by atoms with E-state index in [1.165, 1.54) is 11.3 Å². The lowest BCUT2D eigenvalue weighted by molar-refractivity contribution is 0.687. The SMILES string of the molecule is Cc1cc(NS(=O)c2cccs2)c2[nH]c(C3=NCCS3)cc2c1. The first kappa shape index (κ1) is 15.0. The lowest BCUT2D eigenvalue weighted by Gasteiger charge is -2.07. The molecule has 0 radical (unpaired) electrons. The fourth-order valence-electron chi connectivity index (χ4n) is 2.61. The van der Waals surface area contributed by atoms with Crippen molar-refractivity contribution in [2.45, 2.75) is 11.1 Å². The van der Waals surface area contributed by atoms with Gasteiger partial charge >= 0.3 is 0 Å². The second-order valence-corrected chi connectivity index (χ2v) is 8.77. The summed E-state index contributed by atoms with van der Waals surface area (Å²) in [5, 5.41) is 4.10. The van der Waals surface area contributed by atoms with Gasteiger partial charge in [-0.1, -0.05) is 6.07 Å². The highest BCUT2D eigenvalue weighted by molar-refractivity contribution is 8.14. The Hall–Kier alpha value is -1.57. The first-order chi connectivity index (χ1) is 11.2. The third kappa shape index (κ3) is 2.96. The summed E-state index contributed by atoms with van der Waals surface area (Å²) in [6, 6.07) is 10.1. The summed E-state index contributed by atoms with van der Waals surface area (Å²) in [7, 11) is -1.25. The molecule has 0 spiro atoms. The second-order valence-electron chi connectivity index (χ2n) is 5.30. The van der Waals surface area contributed by atoms with E-state index in [0.29, 0.717) is 0 Å². The molecule has 0 saturated carbocycles. The molecule has 0 fully saturated rings. The fraction of sp³-hybridized carbons (Fsp3) is 0.188. The fourth-order valence-corrected chi connectivity index (χ4v) is 5.18. The molecule has 2 N–H and O–H groups in total. The molecule has 4 rings (SSSR count). The molecule has 7 heteroatoms. The molecule has 2 aromatic heterocycles. The largest absolute Gasteiger partial charge is 0.351 e. The molecule has 3 heterocycles. The molecule has 0 amide bonds. The van der Waals surface area contributed by atoms with Crippen molar-refractivity contribution in [2.75, 3.05) is 17.0 Å². The van der Waals surface area contributed by atoms with Gasteiger partial charge in [-0.25, -0.2) is 4.21 Å². The second kappa shape index (κ2) is 6.14. The van der Waals surface area contributed by atoms with Crippen LogP contribution >= 0.6 is 23.1 Å². The molecule has 1 atom stereocenters. The Morgan fingerprint density at radius 2 is 2.26 bits per heavy atom. The van der Waals surface area contributed by atoms with E-state index in [9.17, 15) is 4.21 Å². The summed E-state index contributed by atoms with van der Waals surface area (Å²) in [6.07, 6.45) is 0. The van der Waals surface area contributed by atoms with E-state index in [0.717, 1.165) is 49.4 Å². The predicted molar refractivity (Wildman–Crippen MR) is 101 cm³/mol. The number of aliphatic imine (C=N–C) groups is 1. The maximum absolute atomic E-state index is 12.5. The van der Waals surface area contributed by atoms with Crippen LogP contribution in [0.2, 0.25) is 0 Å². The van der Waals surface area contributed by atoms with Crippen molar-refractivity contribution in [3.63, 3.8) is 0 Å². The smallest absolute Gasteiger partial charge is 0.160 e. The number of thiophene rings is 1. The van der Waals surface area contributed by atoms with Crippen molar-refractivity contribution in [3.8, 4) is 0 Å². The molecular weight excluding hydrogens is 346 g/mol. The van der Waals surface area contributed by atoms with Crippen LogP contribution in [0, 0.1) is 6.92 Å². The summed E-state index contributed by atoms with van der Waals surface area (Å²) < 4.78 is 16.4. The third-order valence-corrected chi connectivity index (χ3v) is 6.89. The Kier molecular flexibility index (Phi) is 4.00. The van der Waals surface area contributed by atoms with Crippen LogP contribution in [0.3, 0.4) is 0 Å². The van der Waals surface area contributed by atoms with Crippen LogP contribution < -0.4 is 4.72 Å². The molecule has 0 aliphatic carbocycles. The molecule has 118 valence electrons. The Bertz CT molecular complexity index is 912. The van der Waals surface area contributed by atoms with Gasteiger partial charge in [0.15, 0.2) is 11.0 Å². The van der Waals surface area contributed by atoms with Gasteiger partial charge in [-0.05, 0) is 42.1 Å². The van der Waals surface area contributed by atoms with E-state index in [1.54, 1.807) is 11.8 Å². The van der Waals surface area contributed by atoms with E-state index in [-0.39, 0.29) is 0 Å². The van der Waals surface area contributed by atoms with Crippen molar-refractivity contribution >= 4 is 55.7 Å². The number of benzene rings is 1.